The minimum atomic E-state index is -2.24. The van der Waals surface area contributed by atoms with Gasteiger partial charge in [-0.1, -0.05) is 53.4 Å². The minimum Gasteiger partial charge on any atom is -0.786 e. The van der Waals surface area contributed by atoms with E-state index in [4.69, 9.17) is 0 Å². The van der Waals surface area contributed by atoms with E-state index in [-0.39, 0.29) is 42.4 Å². The lowest BCUT2D eigenvalue weighted by Crippen LogP contribution is -2.85. The monoisotopic (exact) mass is 661 g/mol. The minimum absolute atomic E-state index is 0.102. The number of hydrogen-bond donors (Lipinski definition) is 4. The Morgan fingerprint density at radius 3 is 2.57 bits per heavy atom. The van der Waals surface area contributed by atoms with E-state index in [0.29, 0.717) is 14.8 Å². The van der Waals surface area contributed by atoms with Crippen LogP contribution in [-0.4, -0.2) is 108 Å². The molecule has 0 bridgehead atoms. The molecule has 0 radical (unpaired) electrons. The number of aromatic nitrogens is 2. The molecule has 0 aliphatic carbocycles. The van der Waals surface area contributed by atoms with Crippen molar-refractivity contribution >= 4 is 70.5 Å². The second kappa shape index (κ2) is 12.9. The SMILES string of the molecule is CCN1CCN(C(=O)NC(C(=O)N[C@]2(N[O-])C(=O)N3C(C(=O)O)=C(CSc4nncs4)CS[C@H]32)c2ccccc2)C(=O)C1=O. The van der Waals surface area contributed by atoms with Gasteiger partial charge in [0.25, 0.3) is 5.91 Å². The fraction of sp³-hybridized carbons (Fsp3) is 0.360. The zero-order chi connectivity index (χ0) is 31.6. The van der Waals surface area contributed by atoms with Crippen LogP contribution in [0.3, 0.4) is 0 Å². The number of hydroxylamine groups is 1. The first-order valence-electron chi connectivity index (χ1n) is 13.1. The first-order chi connectivity index (χ1) is 21.1. The Morgan fingerprint density at radius 2 is 1.93 bits per heavy atom. The van der Waals surface area contributed by atoms with Gasteiger partial charge in [-0.15, -0.1) is 22.0 Å². The molecule has 44 heavy (non-hydrogen) atoms. The molecule has 6 amide bonds. The van der Waals surface area contributed by atoms with Crippen molar-refractivity contribution in [3.63, 3.8) is 0 Å². The van der Waals surface area contributed by atoms with Gasteiger partial charge in [-0.3, -0.25) is 29.0 Å². The van der Waals surface area contributed by atoms with Crippen molar-refractivity contribution in [2.75, 3.05) is 31.1 Å². The molecule has 19 heteroatoms. The molecule has 1 aromatic heterocycles. The molecule has 3 atom stereocenters. The highest BCUT2D eigenvalue weighted by molar-refractivity contribution is 8.01. The molecular weight excluding hydrogens is 637 g/mol. The third kappa shape index (κ3) is 5.63. The van der Waals surface area contributed by atoms with E-state index in [0.717, 1.165) is 16.7 Å². The summed E-state index contributed by atoms with van der Waals surface area (Å²) < 4.78 is 0.611. The van der Waals surface area contributed by atoms with Crippen molar-refractivity contribution in [1.29, 1.82) is 0 Å². The Morgan fingerprint density at radius 1 is 1.18 bits per heavy atom. The molecule has 4 heterocycles. The standard InChI is InChI=1S/C25H25N8O8S3/c1-2-31-8-9-32(19(36)18(31)35)23(40)27-15(13-6-4-3-5-7-13)17(34)28-25(30-41)21(39)33-16(20(37)38)14(10-42-22(25)33)11-43-24-29-26-12-44-24/h3-7,12,15,22,30H,2,8-11H2,1H3,(H,27,40)(H,28,34)(H,37,38)/q-1/t15?,22-,25-/m0/s1. The lowest BCUT2D eigenvalue weighted by Gasteiger charge is -2.59. The van der Waals surface area contributed by atoms with Crippen molar-refractivity contribution < 1.29 is 33.9 Å². The largest absolute Gasteiger partial charge is 0.786 e. The van der Waals surface area contributed by atoms with Crippen LogP contribution in [-0.2, 0) is 24.0 Å². The van der Waals surface area contributed by atoms with Crippen molar-refractivity contribution in [1.82, 2.24) is 41.0 Å². The first kappa shape index (κ1) is 31.4. The molecular formula is C25H25N8O8S3-. The number of thioether (sulfide) groups is 2. The average molecular weight is 662 g/mol. The molecule has 0 spiro atoms. The van der Waals surface area contributed by atoms with Crippen molar-refractivity contribution in [3.05, 3.63) is 57.9 Å². The van der Waals surface area contributed by atoms with E-state index >= 15 is 0 Å². The van der Waals surface area contributed by atoms with Gasteiger partial charge in [-0.2, -0.15) is 0 Å². The number of likely N-dealkylation sites (N-methyl/N-ethyl adjacent to an activating group) is 1. The number of amides is 6. The van der Waals surface area contributed by atoms with E-state index in [2.05, 4.69) is 20.8 Å². The van der Waals surface area contributed by atoms with Gasteiger partial charge in [0, 0.05) is 31.1 Å². The van der Waals surface area contributed by atoms with Gasteiger partial charge in [-0.05, 0) is 18.1 Å². The van der Waals surface area contributed by atoms with Crippen LogP contribution >= 0.6 is 34.9 Å². The van der Waals surface area contributed by atoms with Gasteiger partial charge in [0.1, 0.15) is 22.6 Å². The lowest BCUT2D eigenvalue weighted by atomic mass is 9.94. The number of aliphatic carboxylic acids is 1. The number of imide groups is 1. The van der Waals surface area contributed by atoms with Crippen LogP contribution in [0.4, 0.5) is 4.79 Å². The predicted octanol–water partition coefficient (Wildman–Crippen LogP) is -0.0745. The molecule has 1 unspecified atom stereocenters. The van der Waals surface area contributed by atoms with Gasteiger partial charge in [-0.25, -0.2) is 9.59 Å². The highest BCUT2D eigenvalue weighted by Gasteiger charge is 2.64. The van der Waals surface area contributed by atoms with E-state index in [1.54, 1.807) is 30.6 Å². The van der Waals surface area contributed by atoms with Crippen LogP contribution in [0.25, 0.3) is 0 Å². The second-order valence-corrected chi connectivity index (χ2v) is 12.7. The molecule has 5 rings (SSSR count). The number of nitrogens with zero attached hydrogens (tertiary/aromatic N) is 5. The maximum atomic E-state index is 13.7. The summed E-state index contributed by atoms with van der Waals surface area (Å²) in [6.07, 6.45) is 0. The van der Waals surface area contributed by atoms with Gasteiger partial charge in [0.2, 0.25) is 5.91 Å². The summed E-state index contributed by atoms with van der Waals surface area (Å²) in [5.41, 5.74) is 1.29. The number of β-lactam (4-membered cyclic amide) rings is 1. The molecule has 2 aromatic rings. The Kier molecular flexibility index (Phi) is 9.20. The highest BCUT2D eigenvalue weighted by Crippen LogP contribution is 2.46. The van der Waals surface area contributed by atoms with Gasteiger partial charge >= 0.3 is 23.8 Å². The van der Waals surface area contributed by atoms with Crippen LogP contribution in [0.2, 0.25) is 0 Å². The zero-order valence-electron chi connectivity index (χ0n) is 22.9. The first-order valence-corrected chi connectivity index (χ1v) is 16.0. The van der Waals surface area contributed by atoms with Crippen LogP contribution in [0.15, 0.2) is 51.5 Å². The van der Waals surface area contributed by atoms with Gasteiger partial charge in [0.15, 0.2) is 10.0 Å². The summed E-state index contributed by atoms with van der Waals surface area (Å²) in [4.78, 5) is 80.4. The number of benzene rings is 1. The molecule has 232 valence electrons. The van der Waals surface area contributed by atoms with Crippen LogP contribution < -0.4 is 16.1 Å². The van der Waals surface area contributed by atoms with Crippen LogP contribution in [0, 0.1) is 5.21 Å². The lowest BCUT2D eigenvalue weighted by molar-refractivity contribution is -0.161. The van der Waals surface area contributed by atoms with Gasteiger partial charge < -0.3 is 31.3 Å². The second-order valence-electron chi connectivity index (χ2n) is 9.62. The molecule has 2 fully saturated rings. The summed E-state index contributed by atoms with van der Waals surface area (Å²) in [6.45, 7) is 1.99. The maximum Gasteiger partial charge on any atom is 0.352 e. The molecule has 4 N–H and O–H groups in total. The van der Waals surface area contributed by atoms with Crippen molar-refractivity contribution in [2.45, 2.75) is 28.3 Å². The molecule has 1 aromatic carbocycles. The maximum absolute atomic E-state index is 13.7. The summed E-state index contributed by atoms with van der Waals surface area (Å²) in [7, 11) is 0. The fourth-order valence-corrected chi connectivity index (χ4v) is 7.96. The van der Waals surface area contributed by atoms with E-state index in [9.17, 15) is 39.1 Å². The van der Waals surface area contributed by atoms with E-state index < -0.39 is 52.7 Å². The molecule has 2 saturated heterocycles. The topological polar surface area (TPSA) is 217 Å². The highest BCUT2D eigenvalue weighted by atomic mass is 32.2. The summed E-state index contributed by atoms with van der Waals surface area (Å²) in [5, 5.41) is 33.7. The molecule has 3 aliphatic rings. The van der Waals surface area contributed by atoms with Crippen molar-refractivity contribution in [3.8, 4) is 0 Å². The number of fused-ring (bicyclic) bond motifs is 1. The number of carboxylic acids is 1. The number of nitrogens with one attached hydrogen (secondary N) is 3. The number of hydrogen-bond acceptors (Lipinski definition) is 13. The predicted molar refractivity (Wildman–Crippen MR) is 157 cm³/mol. The quantitative estimate of drug-likeness (QED) is 0.0863. The summed E-state index contributed by atoms with van der Waals surface area (Å²) >= 11 is 3.61. The Balaban J connectivity index is 1.36. The molecule has 16 nitrogen and oxygen atoms in total. The van der Waals surface area contributed by atoms with Crippen LogP contribution in [0.5, 0.6) is 0 Å². The van der Waals surface area contributed by atoms with Crippen LogP contribution in [0.1, 0.15) is 18.5 Å². The van der Waals surface area contributed by atoms with Gasteiger partial charge in [0.05, 0.1) is 0 Å². The third-order valence-electron chi connectivity index (χ3n) is 7.14. The summed E-state index contributed by atoms with van der Waals surface area (Å²) in [6, 6.07) is 5.37. The molecule has 3 aliphatic heterocycles. The number of urea groups is 1. The number of carbonyl (C=O) groups excluding carboxylic acids is 5. The van der Waals surface area contributed by atoms with E-state index in [1.165, 1.54) is 45.6 Å². The zero-order valence-corrected chi connectivity index (χ0v) is 25.4. The Hall–Kier alpha value is -4.04. The number of piperazine rings is 1. The van der Waals surface area contributed by atoms with Crippen molar-refractivity contribution in [2.24, 2.45) is 0 Å². The third-order valence-corrected chi connectivity index (χ3v) is 10.5. The fourth-order valence-electron chi connectivity index (χ4n) is 4.92. The smallest absolute Gasteiger partial charge is 0.352 e. The van der Waals surface area contributed by atoms with E-state index in [1.807, 2.05) is 0 Å². The number of carboxylic acid groups (broad SMARTS) is 1. The average Bonchev–Trinajstić information content (AvgIpc) is 3.56. The summed E-state index contributed by atoms with van der Waals surface area (Å²) in [5.74, 6) is -4.92. The molecule has 0 saturated carbocycles. The number of rotatable bonds is 10. The number of carbonyl (C=O) groups is 6. The Bertz CT molecular complexity index is 1520. The Labute approximate surface area is 262 Å². The normalized spacial score (nSPS) is 22.4.